The minimum absolute atomic E-state index is 0.0541. The summed E-state index contributed by atoms with van der Waals surface area (Å²) in [5.74, 6) is 1.32. The number of hydrogen-bond donors (Lipinski definition) is 1. The Kier molecular flexibility index (Phi) is 5.87. The van der Waals surface area contributed by atoms with Gasteiger partial charge in [-0.05, 0) is 50.3 Å². The lowest BCUT2D eigenvalue weighted by atomic mass is 10.1. The monoisotopic (exact) mass is 263 g/mol. The highest BCUT2D eigenvalue weighted by Gasteiger charge is 2.15. The maximum atomic E-state index is 11.9. The molecule has 0 aliphatic rings. The Morgan fingerprint density at radius 1 is 1.26 bits per heavy atom. The first-order valence-electron chi connectivity index (χ1n) is 6.92. The minimum atomic E-state index is -0.465. The number of carbonyl (C=O) groups excluding carboxylic acids is 1. The summed E-state index contributed by atoms with van der Waals surface area (Å²) in [6, 6.07) is 5.89. The zero-order valence-electron chi connectivity index (χ0n) is 12.6. The van der Waals surface area contributed by atoms with E-state index in [-0.39, 0.29) is 5.91 Å². The Balaban J connectivity index is 2.52. The van der Waals surface area contributed by atoms with Crippen LogP contribution in [0.4, 0.5) is 0 Å². The van der Waals surface area contributed by atoms with Crippen LogP contribution >= 0.6 is 0 Å². The van der Waals surface area contributed by atoms with Gasteiger partial charge in [0.15, 0.2) is 6.10 Å². The quantitative estimate of drug-likeness (QED) is 0.855. The molecule has 19 heavy (non-hydrogen) atoms. The average Bonchev–Trinajstić information content (AvgIpc) is 2.34. The van der Waals surface area contributed by atoms with Crippen LogP contribution in [0.25, 0.3) is 0 Å². The number of benzene rings is 1. The molecule has 1 atom stereocenters. The summed E-state index contributed by atoms with van der Waals surface area (Å²) in [6.07, 6.45) is 0.523. The highest BCUT2D eigenvalue weighted by atomic mass is 16.5. The van der Waals surface area contributed by atoms with Gasteiger partial charge in [-0.15, -0.1) is 0 Å². The molecular formula is C16H25NO2. The second-order valence-corrected chi connectivity index (χ2v) is 5.43. The molecule has 1 rings (SSSR count). The van der Waals surface area contributed by atoms with Crippen LogP contribution < -0.4 is 10.1 Å². The van der Waals surface area contributed by atoms with E-state index in [1.165, 1.54) is 5.56 Å². The van der Waals surface area contributed by atoms with E-state index in [1.54, 1.807) is 6.92 Å². The first-order valence-corrected chi connectivity index (χ1v) is 6.92. The summed E-state index contributed by atoms with van der Waals surface area (Å²) in [5, 5.41) is 2.90. The lowest BCUT2D eigenvalue weighted by Gasteiger charge is -2.17. The Labute approximate surface area is 116 Å². The molecule has 0 saturated carbocycles. The third-order valence-corrected chi connectivity index (χ3v) is 3.25. The first-order chi connectivity index (χ1) is 8.91. The molecule has 0 saturated heterocycles. The maximum Gasteiger partial charge on any atom is 0.260 e. The summed E-state index contributed by atoms with van der Waals surface area (Å²) >= 11 is 0. The summed E-state index contributed by atoms with van der Waals surface area (Å²) in [4.78, 5) is 11.9. The van der Waals surface area contributed by atoms with Gasteiger partial charge in [-0.25, -0.2) is 0 Å². The molecule has 0 fully saturated rings. The van der Waals surface area contributed by atoms with Gasteiger partial charge >= 0.3 is 0 Å². The number of ether oxygens (including phenoxy) is 1. The van der Waals surface area contributed by atoms with E-state index in [2.05, 4.69) is 19.2 Å². The van der Waals surface area contributed by atoms with Crippen molar-refractivity contribution in [2.24, 2.45) is 5.92 Å². The smallest absolute Gasteiger partial charge is 0.260 e. The number of carbonyl (C=O) groups is 1. The molecule has 1 amide bonds. The van der Waals surface area contributed by atoms with E-state index in [1.807, 2.05) is 32.0 Å². The van der Waals surface area contributed by atoms with Crippen LogP contribution in [0.2, 0.25) is 0 Å². The Morgan fingerprint density at radius 3 is 2.58 bits per heavy atom. The lowest BCUT2D eigenvalue weighted by Crippen LogP contribution is -2.37. The van der Waals surface area contributed by atoms with Gasteiger partial charge < -0.3 is 10.1 Å². The predicted octanol–water partition coefficient (Wildman–Crippen LogP) is 3.23. The molecule has 0 spiro atoms. The van der Waals surface area contributed by atoms with Crippen molar-refractivity contribution >= 4 is 5.91 Å². The molecule has 3 nitrogen and oxygen atoms in total. The topological polar surface area (TPSA) is 38.3 Å². The largest absolute Gasteiger partial charge is 0.481 e. The van der Waals surface area contributed by atoms with Gasteiger partial charge in [0.2, 0.25) is 0 Å². The average molecular weight is 263 g/mol. The third kappa shape index (κ3) is 4.93. The van der Waals surface area contributed by atoms with E-state index >= 15 is 0 Å². The van der Waals surface area contributed by atoms with E-state index < -0.39 is 6.10 Å². The number of amides is 1. The molecule has 0 radical (unpaired) electrons. The molecule has 0 aromatic heterocycles. The molecule has 3 heteroatoms. The molecular weight excluding hydrogens is 238 g/mol. The first kappa shape index (κ1) is 15.5. The van der Waals surface area contributed by atoms with Crippen molar-refractivity contribution in [2.45, 2.75) is 47.1 Å². The van der Waals surface area contributed by atoms with Crippen LogP contribution in [0, 0.1) is 19.8 Å². The SMILES string of the molecule is Cc1cccc(O[C@H](C)C(=O)NCCC(C)C)c1C. The fourth-order valence-corrected chi connectivity index (χ4v) is 1.72. The molecule has 0 aliphatic heterocycles. The molecule has 0 aliphatic carbocycles. The highest BCUT2D eigenvalue weighted by Crippen LogP contribution is 2.21. The summed E-state index contributed by atoms with van der Waals surface area (Å²) in [6.45, 7) is 10.8. The second-order valence-electron chi connectivity index (χ2n) is 5.43. The molecule has 0 unspecified atom stereocenters. The van der Waals surface area contributed by atoms with Crippen molar-refractivity contribution in [1.29, 1.82) is 0 Å². The lowest BCUT2D eigenvalue weighted by molar-refractivity contribution is -0.127. The Bertz CT molecular complexity index is 427. The van der Waals surface area contributed by atoms with Crippen LogP contribution in [0.3, 0.4) is 0 Å². The summed E-state index contributed by atoms with van der Waals surface area (Å²) in [7, 11) is 0. The van der Waals surface area contributed by atoms with Crippen molar-refractivity contribution < 1.29 is 9.53 Å². The zero-order valence-corrected chi connectivity index (χ0v) is 12.6. The number of hydrogen-bond acceptors (Lipinski definition) is 2. The normalized spacial score (nSPS) is 12.3. The Hall–Kier alpha value is -1.51. The maximum absolute atomic E-state index is 11.9. The van der Waals surface area contributed by atoms with Crippen LogP contribution in [-0.4, -0.2) is 18.6 Å². The summed E-state index contributed by atoms with van der Waals surface area (Å²) in [5.41, 5.74) is 2.26. The van der Waals surface area contributed by atoms with Gasteiger partial charge in [0.25, 0.3) is 5.91 Å². The van der Waals surface area contributed by atoms with Crippen LogP contribution in [0.1, 0.15) is 38.3 Å². The zero-order chi connectivity index (χ0) is 14.4. The molecule has 0 heterocycles. The van der Waals surface area contributed by atoms with Gasteiger partial charge in [-0.1, -0.05) is 26.0 Å². The Morgan fingerprint density at radius 2 is 1.95 bits per heavy atom. The van der Waals surface area contributed by atoms with Crippen molar-refractivity contribution in [2.75, 3.05) is 6.54 Å². The molecule has 1 N–H and O–H groups in total. The minimum Gasteiger partial charge on any atom is -0.481 e. The van der Waals surface area contributed by atoms with Crippen LogP contribution in [0.15, 0.2) is 18.2 Å². The van der Waals surface area contributed by atoms with Crippen molar-refractivity contribution in [1.82, 2.24) is 5.32 Å². The van der Waals surface area contributed by atoms with E-state index in [4.69, 9.17) is 4.74 Å². The highest BCUT2D eigenvalue weighted by molar-refractivity contribution is 5.80. The fraction of sp³-hybridized carbons (Fsp3) is 0.562. The number of rotatable bonds is 6. The van der Waals surface area contributed by atoms with Gasteiger partial charge in [0, 0.05) is 6.54 Å². The standard InChI is InChI=1S/C16H25NO2/c1-11(2)9-10-17-16(18)14(5)19-15-8-6-7-12(3)13(15)4/h6-8,11,14H,9-10H2,1-5H3,(H,17,18)/t14-/m1/s1. The van der Waals surface area contributed by atoms with Gasteiger partial charge in [-0.2, -0.15) is 0 Å². The van der Waals surface area contributed by atoms with E-state index in [0.29, 0.717) is 12.5 Å². The molecule has 1 aromatic carbocycles. The van der Waals surface area contributed by atoms with Crippen molar-refractivity contribution in [3.05, 3.63) is 29.3 Å². The number of nitrogens with one attached hydrogen (secondary N) is 1. The van der Waals surface area contributed by atoms with Gasteiger partial charge in [0.1, 0.15) is 5.75 Å². The second kappa shape index (κ2) is 7.17. The predicted molar refractivity (Wildman–Crippen MR) is 78.5 cm³/mol. The van der Waals surface area contributed by atoms with Crippen LogP contribution in [0.5, 0.6) is 5.75 Å². The van der Waals surface area contributed by atoms with Crippen molar-refractivity contribution in [3.8, 4) is 5.75 Å². The van der Waals surface area contributed by atoms with Crippen LogP contribution in [-0.2, 0) is 4.79 Å². The number of aryl methyl sites for hydroxylation is 1. The molecule has 1 aromatic rings. The molecule has 0 bridgehead atoms. The fourth-order valence-electron chi connectivity index (χ4n) is 1.72. The van der Waals surface area contributed by atoms with Gasteiger partial charge in [-0.3, -0.25) is 4.79 Å². The van der Waals surface area contributed by atoms with Gasteiger partial charge in [0.05, 0.1) is 0 Å². The van der Waals surface area contributed by atoms with E-state index in [9.17, 15) is 4.79 Å². The third-order valence-electron chi connectivity index (χ3n) is 3.25. The summed E-state index contributed by atoms with van der Waals surface area (Å²) < 4.78 is 5.73. The molecule has 106 valence electrons. The van der Waals surface area contributed by atoms with E-state index in [0.717, 1.165) is 17.7 Å². The van der Waals surface area contributed by atoms with Crippen molar-refractivity contribution in [3.63, 3.8) is 0 Å².